The Morgan fingerprint density at radius 2 is 2.07 bits per heavy atom. The molecular formula is C11H7BN2S. The highest BCUT2D eigenvalue weighted by molar-refractivity contribution is 7.10. The molecule has 1 aromatic heterocycles. The largest absolute Gasteiger partial charge is 0.242 e. The zero-order valence-electron chi connectivity index (χ0n) is 7.97. The Balaban J connectivity index is 2.33. The van der Waals surface area contributed by atoms with E-state index in [-0.39, 0.29) is 0 Å². The van der Waals surface area contributed by atoms with Crippen LogP contribution in [-0.2, 0) is 6.32 Å². The summed E-state index contributed by atoms with van der Waals surface area (Å²) in [7, 11) is 5.49. The second-order valence-electron chi connectivity index (χ2n) is 3.02. The molecule has 2 nitrogen and oxygen atoms in total. The van der Waals surface area contributed by atoms with Crippen LogP contribution in [-0.4, -0.2) is 12.8 Å². The molecular weight excluding hydrogens is 203 g/mol. The number of thiazole rings is 1. The van der Waals surface area contributed by atoms with Crippen molar-refractivity contribution in [1.29, 1.82) is 5.26 Å². The van der Waals surface area contributed by atoms with Crippen LogP contribution >= 0.6 is 11.3 Å². The number of benzene rings is 1. The monoisotopic (exact) mass is 210 g/mol. The Labute approximate surface area is 93.6 Å². The molecule has 0 fully saturated rings. The maximum absolute atomic E-state index is 8.66. The first kappa shape index (κ1) is 9.94. The van der Waals surface area contributed by atoms with Gasteiger partial charge in [0.2, 0.25) is 0 Å². The van der Waals surface area contributed by atoms with E-state index in [1.165, 1.54) is 0 Å². The predicted molar refractivity (Wildman–Crippen MR) is 61.7 cm³/mol. The van der Waals surface area contributed by atoms with Crippen LogP contribution in [0.3, 0.4) is 0 Å². The van der Waals surface area contributed by atoms with Gasteiger partial charge in [0.05, 0.1) is 30.2 Å². The summed E-state index contributed by atoms with van der Waals surface area (Å²) >= 11 is 1.55. The second kappa shape index (κ2) is 4.29. The van der Waals surface area contributed by atoms with E-state index in [0.29, 0.717) is 11.9 Å². The lowest BCUT2D eigenvalue weighted by Gasteiger charge is -1.95. The molecule has 0 atom stereocenters. The molecule has 0 saturated heterocycles. The molecule has 1 aromatic carbocycles. The Bertz CT molecular complexity index is 496. The van der Waals surface area contributed by atoms with Gasteiger partial charge in [0, 0.05) is 10.9 Å². The first-order chi connectivity index (χ1) is 7.33. The van der Waals surface area contributed by atoms with Gasteiger partial charge in [0.15, 0.2) is 0 Å². The molecule has 0 saturated carbocycles. The maximum Gasteiger partial charge on any atom is 0.0991 e. The molecule has 15 heavy (non-hydrogen) atoms. The SMILES string of the molecule is [B]Cc1nc(-c2ccc(C#N)cc2)cs1. The highest BCUT2D eigenvalue weighted by atomic mass is 32.1. The molecule has 0 amide bonds. The molecule has 2 radical (unpaired) electrons. The minimum atomic E-state index is 0.473. The fraction of sp³-hybridized carbons (Fsp3) is 0.0909. The quantitative estimate of drug-likeness (QED) is 0.713. The zero-order chi connectivity index (χ0) is 10.7. The summed E-state index contributed by atoms with van der Waals surface area (Å²) in [6.07, 6.45) is 0.473. The lowest BCUT2D eigenvalue weighted by atomic mass is 10.1. The number of nitrogens with zero attached hydrogens (tertiary/aromatic N) is 2. The number of nitriles is 1. The smallest absolute Gasteiger partial charge is 0.0991 e. The van der Waals surface area contributed by atoms with Gasteiger partial charge in [-0.3, -0.25) is 0 Å². The van der Waals surface area contributed by atoms with Crippen LogP contribution in [0.5, 0.6) is 0 Å². The van der Waals surface area contributed by atoms with Gasteiger partial charge in [-0.1, -0.05) is 12.1 Å². The van der Waals surface area contributed by atoms with E-state index in [1.54, 1.807) is 23.5 Å². The molecule has 0 aliphatic heterocycles. The third-order valence-corrected chi connectivity index (χ3v) is 2.91. The summed E-state index contributed by atoms with van der Waals surface area (Å²) in [4.78, 5) is 4.37. The van der Waals surface area contributed by atoms with E-state index in [4.69, 9.17) is 13.1 Å². The molecule has 0 unspecified atom stereocenters. The van der Waals surface area contributed by atoms with Gasteiger partial charge in [0.1, 0.15) is 0 Å². The van der Waals surface area contributed by atoms with Crippen LogP contribution < -0.4 is 0 Å². The van der Waals surface area contributed by atoms with Crippen molar-refractivity contribution in [3.05, 3.63) is 40.2 Å². The van der Waals surface area contributed by atoms with Gasteiger partial charge >= 0.3 is 0 Å². The van der Waals surface area contributed by atoms with Crippen molar-refractivity contribution in [1.82, 2.24) is 4.98 Å². The molecule has 0 bridgehead atoms. The van der Waals surface area contributed by atoms with Crippen LogP contribution in [0, 0.1) is 11.3 Å². The lowest BCUT2D eigenvalue weighted by Crippen LogP contribution is -1.83. The molecule has 0 aliphatic carbocycles. The minimum Gasteiger partial charge on any atom is -0.242 e. The van der Waals surface area contributed by atoms with E-state index in [0.717, 1.165) is 16.3 Å². The molecule has 2 rings (SSSR count). The highest BCUT2D eigenvalue weighted by Crippen LogP contribution is 2.21. The zero-order valence-corrected chi connectivity index (χ0v) is 8.79. The van der Waals surface area contributed by atoms with Crippen LogP contribution in [0.15, 0.2) is 29.6 Å². The Morgan fingerprint density at radius 1 is 1.33 bits per heavy atom. The first-order valence-corrected chi connectivity index (χ1v) is 5.36. The van der Waals surface area contributed by atoms with Crippen LogP contribution in [0.2, 0.25) is 0 Å². The summed E-state index contributed by atoms with van der Waals surface area (Å²) in [6.45, 7) is 0. The molecule has 0 spiro atoms. The van der Waals surface area contributed by atoms with Gasteiger partial charge in [-0.25, -0.2) is 4.98 Å². The second-order valence-corrected chi connectivity index (χ2v) is 3.96. The molecule has 1 heterocycles. The lowest BCUT2D eigenvalue weighted by molar-refractivity contribution is 1.26. The van der Waals surface area contributed by atoms with Gasteiger partial charge in [-0.05, 0) is 18.5 Å². The van der Waals surface area contributed by atoms with Gasteiger partial charge in [-0.2, -0.15) is 5.26 Å². The van der Waals surface area contributed by atoms with Crippen molar-refractivity contribution in [2.75, 3.05) is 0 Å². The fourth-order valence-corrected chi connectivity index (χ4v) is 1.94. The molecule has 0 aliphatic rings. The molecule has 70 valence electrons. The number of hydrogen-bond donors (Lipinski definition) is 0. The summed E-state index contributed by atoms with van der Waals surface area (Å²) in [5.41, 5.74) is 2.60. The van der Waals surface area contributed by atoms with Crippen molar-refractivity contribution in [2.24, 2.45) is 0 Å². The first-order valence-electron chi connectivity index (χ1n) is 4.48. The van der Waals surface area contributed by atoms with Crippen molar-refractivity contribution in [3.8, 4) is 17.3 Å². The van der Waals surface area contributed by atoms with Crippen LogP contribution in [0.4, 0.5) is 0 Å². The third-order valence-electron chi connectivity index (χ3n) is 2.04. The van der Waals surface area contributed by atoms with Crippen molar-refractivity contribution < 1.29 is 0 Å². The van der Waals surface area contributed by atoms with Crippen LogP contribution in [0.25, 0.3) is 11.3 Å². The normalized spacial score (nSPS) is 9.80. The summed E-state index contributed by atoms with van der Waals surface area (Å²) in [5, 5.41) is 11.6. The average Bonchev–Trinajstić information content (AvgIpc) is 2.78. The van der Waals surface area contributed by atoms with E-state index >= 15 is 0 Å². The molecule has 2 aromatic rings. The standard InChI is InChI=1S/C11H7BN2S/c12-5-11-14-10(7-15-11)9-3-1-8(6-13)2-4-9/h1-4,7H,5H2. The maximum atomic E-state index is 8.66. The Kier molecular flexibility index (Phi) is 2.84. The van der Waals surface area contributed by atoms with E-state index in [9.17, 15) is 0 Å². The van der Waals surface area contributed by atoms with E-state index < -0.39 is 0 Å². The average molecular weight is 210 g/mol. The number of aromatic nitrogens is 1. The van der Waals surface area contributed by atoms with Crippen molar-refractivity contribution in [3.63, 3.8) is 0 Å². The van der Waals surface area contributed by atoms with E-state index in [1.807, 2.05) is 17.5 Å². The molecule has 0 N–H and O–H groups in total. The highest BCUT2D eigenvalue weighted by Gasteiger charge is 2.02. The molecule has 4 heteroatoms. The summed E-state index contributed by atoms with van der Waals surface area (Å²) in [5.74, 6) is 0. The predicted octanol–water partition coefficient (Wildman–Crippen LogP) is 2.35. The van der Waals surface area contributed by atoms with Gasteiger partial charge in [0.25, 0.3) is 0 Å². The van der Waals surface area contributed by atoms with E-state index in [2.05, 4.69) is 11.1 Å². The van der Waals surface area contributed by atoms with Gasteiger partial charge < -0.3 is 0 Å². The van der Waals surface area contributed by atoms with Crippen molar-refractivity contribution in [2.45, 2.75) is 6.32 Å². The van der Waals surface area contributed by atoms with Gasteiger partial charge in [-0.15, -0.1) is 11.3 Å². The third kappa shape index (κ3) is 2.08. The Morgan fingerprint density at radius 3 is 2.60 bits per heavy atom. The minimum absolute atomic E-state index is 0.473. The summed E-state index contributed by atoms with van der Waals surface area (Å²) < 4.78 is 0. The van der Waals surface area contributed by atoms with Crippen molar-refractivity contribution >= 4 is 19.2 Å². The summed E-state index contributed by atoms with van der Waals surface area (Å²) in [6, 6.07) is 9.45. The number of hydrogen-bond acceptors (Lipinski definition) is 3. The van der Waals surface area contributed by atoms with Crippen LogP contribution in [0.1, 0.15) is 10.6 Å². The Hall–Kier alpha value is -1.60. The fourth-order valence-electron chi connectivity index (χ4n) is 1.25. The number of rotatable bonds is 2. The topological polar surface area (TPSA) is 36.7 Å².